The Morgan fingerprint density at radius 3 is 2.75 bits per heavy atom. The number of halogens is 1. The lowest BCUT2D eigenvalue weighted by molar-refractivity contribution is 0.0925. The molecule has 2 rings (SSSR count). The molecular weight excluding hydrogens is 469 g/mol. The summed E-state index contributed by atoms with van der Waals surface area (Å²) in [5.41, 5.74) is 0.850. The first-order valence-corrected chi connectivity index (χ1v) is 9.84. The van der Waals surface area contributed by atoms with E-state index in [1.165, 1.54) is 6.26 Å². The van der Waals surface area contributed by atoms with Crippen LogP contribution in [0.1, 0.15) is 42.3 Å². The molecule has 1 aliphatic rings. The number of rotatable bonds is 9. The molecule has 1 aromatic heterocycles. The van der Waals surface area contributed by atoms with E-state index in [1.54, 1.807) is 6.07 Å². The third kappa shape index (κ3) is 8.22. The summed E-state index contributed by atoms with van der Waals surface area (Å²) in [5, 5.41) is 9.71. The summed E-state index contributed by atoms with van der Waals surface area (Å²) in [7, 11) is 0. The van der Waals surface area contributed by atoms with E-state index in [1.807, 2.05) is 13.0 Å². The quantitative estimate of drug-likeness (QED) is 0.159. The maximum Gasteiger partial charge on any atom is 0.287 e. The van der Waals surface area contributed by atoms with Gasteiger partial charge in [0.1, 0.15) is 0 Å². The second-order valence-corrected chi connectivity index (χ2v) is 6.81. The third-order valence-corrected chi connectivity index (χ3v) is 4.62. The Kier molecular flexibility index (Phi) is 11.9. The van der Waals surface area contributed by atoms with Crippen molar-refractivity contribution in [3.63, 3.8) is 0 Å². The van der Waals surface area contributed by atoms with Gasteiger partial charge >= 0.3 is 0 Å². The molecule has 0 radical (unpaired) electrons. The highest BCUT2D eigenvalue weighted by Crippen LogP contribution is 2.10. The summed E-state index contributed by atoms with van der Waals surface area (Å²) in [6.45, 7) is 12.9. The highest BCUT2D eigenvalue weighted by Gasteiger charge is 2.19. The Hall–Kier alpha value is -1.55. The summed E-state index contributed by atoms with van der Waals surface area (Å²) in [6.07, 6.45) is 6.49. The first-order valence-electron chi connectivity index (χ1n) is 9.84. The molecule has 0 aliphatic carbocycles. The molecule has 1 amide bonds. The third-order valence-electron chi connectivity index (χ3n) is 4.62. The van der Waals surface area contributed by atoms with E-state index in [0.717, 1.165) is 57.0 Å². The molecule has 0 spiro atoms. The van der Waals surface area contributed by atoms with Crippen LogP contribution >= 0.6 is 24.0 Å². The fourth-order valence-electron chi connectivity index (χ4n) is 3.11. The average Bonchev–Trinajstić information content (AvgIpc) is 3.09. The lowest BCUT2D eigenvalue weighted by Crippen LogP contribution is -2.48. The van der Waals surface area contributed by atoms with Crippen molar-refractivity contribution in [2.45, 2.75) is 39.2 Å². The maximum absolute atomic E-state index is 12.0. The zero-order valence-corrected chi connectivity index (χ0v) is 19.3. The van der Waals surface area contributed by atoms with Crippen LogP contribution in [-0.2, 0) is 0 Å². The minimum absolute atomic E-state index is 0. The first-order chi connectivity index (χ1) is 13.1. The van der Waals surface area contributed by atoms with Crippen molar-refractivity contribution in [2.75, 3.05) is 39.3 Å². The van der Waals surface area contributed by atoms with Crippen molar-refractivity contribution in [3.05, 3.63) is 36.3 Å². The molecule has 0 unspecified atom stereocenters. The Bertz CT molecular complexity index is 624. The molecular formula is C20H34IN5O2. The van der Waals surface area contributed by atoms with Crippen LogP contribution in [0, 0.1) is 6.92 Å². The molecule has 0 bridgehead atoms. The van der Waals surface area contributed by atoms with Gasteiger partial charge in [0.15, 0.2) is 11.7 Å². The smallest absolute Gasteiger partial charge is 0.287 e. The van der Waals surface area contributed by atoms with Crippen LogP contribution in [0.5, 0.6) is 0 Å². The predicted octanol–water partition coefficient (Wildman–Crippen LogP) is 2.53. The van der Waals surface area contributed by atoms with Crippen LogP contribution in [0.4, 0.5) is 0 Å². The summed E-state index contributed by atoms with van der Waals surface area (Å²) in [5.74, 6) is 1.07. The summed E-state index contributed by atoms with van der Waals surface area (Å²) >= 11 is 0. The van der Waals surface area contributed by atoms with Gasteiger partial charge in [-0.2, -0.15) is 0 Å². The van der Waals surface area contributed by atoms with Gasteiger partial charge in [-0.15, -0.1) is 30.6 Å². The number of aliphatic imine (C=N–C) groups is 1. The Balaban J connectivity index is 0.00000392. The number of nitrogens with zero attached hydrogens (tertiary/aromatic N) is 2. The van der Waals surface area contributed by atoms with Gasteiger partial charge in [0.2, 0.25) is 0 Å². The second kappa shape index (κ2) is 13.6. The van der Waals surface area contributed by atoms with Crippen LogP contribution in [0.25, 0.3) is 0 Å². The number of hydrogen-bond acceptors (Lipinski definition) is 4. The molecule has 3 N–H and O–H groups in total. The summed E-state index contributed by atoms with van der Waals surface area (Å²) in [6, 6.07) is 2.24. The predicted molar refractivity (Wildman–Crippen MR) is 125 cm³/mol. The van der Waals surface area contributed by atoms with Gasteiger partial charge in [0, 0.05) is 50.9 Å². The highest BCUT2D eigenvalue weighted by molar-refractivity contribution is 14.0. The van der Waals surface area contributed by atoms with E-state index >= 15 is 0 Å². The number of piperidine rings is 1. The largest absolute Gasteiger partial charge is 0.459 e. The number of furan rings is 1. The highest BCUT2D eigenvalue weighted by atomic mass is 127. The molecule has 8 heteroatoms. The van der Waals surface area contributed by atoms with E-state index in [0.29, 0.717) is 24.9 Å². The SMILES string of the molecule is C=CCN1CCC(NC(=NCCCNC(=O)c2occc2C)NCC)CC1.I. The molecule has 158 valence electrons. The van der Waals surface area contributed by atoms with Crippen molar-refractivity contribution in [3.8, 4) is 0 Å². The van der Waals surface area contributed by atoms with E-state index in [9.17, 15) is 4.79 Å². The summed E-state index contributed by atoms with van der Waals surface area (Å²) < 4.78 is 5.19. The van der Waals surface area contributed by atoms with Gasteiger partial charge in [-0.05, 0) is 39.2 Å². The molecule has 7 nitrogen and oxygen atoms in total. The Labute approximate surface area is 185 Å². The minimum atomic E-state index is -0.169. The van der Waals surface area contributed by atoms with Crippen molar-refractivity contribution in [1.29, 1.82) is 0 Å². The van der Waals surface area contributed by atoms with Crippen LogP contribution in [-0.4, -0.2) is 62.1 Å². The molecule has 2 heterocycles. The fraction of sp³-hybridized carbons (Fsp3) is 0.600. The fourth-order valence-corrected chi connectivity index (χ4v) is 3.11. The van der Waals surface area contributed by atoms with Crippen molar-refractivity contribution in [2.24, 2.45) is 4.99 Å². The molecule has 1 saturated heterocycles. The van der Waals surface area contributed by atoms with Crippen molar-refractivity contribution in [1.82, 2.24) is 20.9 Å². The van der Waals surface area contributed by atoms with Gasteiger partial charge < -0.3 is 20.4 Å². The van der Waals surface area contributed by atoms with Crippen LogP contribution < -0.4 is 16.0 Å². The number of carbonyl (C=O) groups is 1. The number of hydrogen-bond donors (Lipinski definition) is 3. The van der Waals surface area contributed by atoms with Gasteiger partial charge in [0.05, 0.1) is 6.26 Å². The zero-order valence-electron chi connectivity index (χ0n) is 17.0. The number of amides is 1. The van der Waals surface area contributed by atoms with Gasteiger partial charge in [-0.1, -0.05) is 6.08 Å². The molecule has 0 saturated carbocycles. The lowest BCUT2D eigenvalue weighted by atomic mass is 10.1. The number of aryl methyl sites for hydroxylation is 1. The first kappa shape index (κ1) is 24.5. The molecule has 0 aromatic carbocycles. The molecule has 0 atom stereocenters. The normalized spacial score (nSPS) is 15.6. The molecule has 28 heavy (non-hydrogen) atoms. The number of nitrogens with one attached hydrogen (secondary N) is 3. The van der Waals surface area contributed by atoms with Crippen LogP contribution in [0.2, 0.25) is 0 Å². The van der Waals surface area contributed by atoms with E-state index in [-0.39, 0.29) is 29.9 Å². The topological polar surface area (TPSA) is 81.9 Å². The van der Waals surface area contributed by atoms with Gasteiger partial charge in [-0.3, -0.25) is 14.7 Å². The minimum Gasteiger partial charge on any atom is -0.459 e. The standard InChI is InChI=1S/C20H33N5O2.HI/c1-4-12-25-13-7-17(8-14-25)24-20(21-5-2)23-11-6-10-22-19(26)18-16(3)9-15-27-18;/h4,9,15,17H,1,5-8,10-14H2,2-3H3,(H,22,26)(H2,21,23,24);1H. The molecule has 1 fully saturated rings. The van der Waals surface area contributed by atoms with Crippen LogP contribution in [0.15, 0.2) is 34.4 Å². The summed E-state index contributed by atoms with van der Waals surface area (Å²) in [4.78, 5) is 19.0. The van der Waals surface area contributed by atoms with Crippen LogP contribution in [0.3, 0.4) is 0 Å². The monoisotopic (exact) mass is 503 g/mol. The van der Waals surface area contributed by atoms with Gasteiger partial charge in [-0.25, -0.2) is 0 Å². The lowest BCUT2D eigenvalue weighted by Gasteiger charge is -2.32. The van der Waals surface area contributed by atoms with E-state index in [2.05, 4.69) is 39.3 Å². The van der Waals surface area contributed by atoms with E-state index in [4.69, 9.17) is 4.42 Å². The zero-order chi connectivity index (χ0) is 19.5. The maximum atomic E-state index is 12.0. The Morgan fingerprint density at radius 2 is 2.14 bits per heavy atom. The average molecular weight is 503 g/mol. The molecule has 1 aromatic rings. The number of carbonyl (C=O) groups excluding carboxylic acids is 1. The molecule has 1 aliphatic heterocycles. The van der Waals surface area contributed by atoms with Crippen molar-refractivity contribution >= 4 is 35.8 Å². The van der Waals surface area contributed by atoms with Gasteiger partial charge in [0.25, 0.3) is 5.91 Å². The number of guanidine groups is 1. The van der Waals surface area contributed by atoms with E-state index < -0.39 is 0 Å². The number of likely N-dealkylation sites (tertiary alicyclic amines) is 1. The second-order valence-electron chi connectivity index (χ2n) is 6.81. The van der Waals surface area contributed by atoms with Crippen molar-refractivity contribution < 1.29 is 9.21 Å². The Morgan fingerprint density at radius 1 is 1.39 bits per heavy atom.